The number of para-hydroxylation sites is 1. The lowest BCUT2D eigenvalue weighted by Gasteiger charge is -2.05. The topological polar surface area (TPSA) is 96.7 Å². The van der Waals surface area contributed by atoms with Crippen LogP contribution in [-0.4, -0.2) is 22.2 Å². The van der Waals surface area contributed by atoms with Crippen LogP contribution < -0.4 is 11.1 Å². The van der Waals surface area contributed by atoms with E-state index >= 15 is 0 Å². The lowest BCUT2D eigenvalue weighted by Crippen LogP contribution is -2.25. The Bertz CT molecular complexity index is 1020. The molecule has 0 spiro atoms. The van der Waals surface area contributed by atoms with Crippen LogP contribution in [0.15, 0.2) is 53.0 Å². The molecule has 0 bridgehead atoms. The van der Waals surface area contributed by atoms with Crippen molar-refractivity contribution in [2.24, 2.45) is 0 Å². The summed E-state index contributed by atoms with van der Waals surface area (Å²) in [5.41, 5.74) is 7.99. The van der Waals surface area contributed by atoms with Gasteiger partial charge in [0.1, 0.15) is 23.3 Å². The third-order valence-electron chi connectivity index (χ3n) is 4.11. The van der Waals surface area contributed by atoms with E-state index in [1.807, 2.05) is 30.3 Å². The fourth-order valence-corrected chi connectivity index (χ4v) is 3.25. The normalized spacial score (nSPS) is 10.5. The molecule has 0 fully saturated rings. The molecule has 6 nitrogen and oxygen atoms in total. The molecule has 3 rings (SSSR count). The largest absolute Gasteiger partial charge is 0.382 e. The second-order valence-corrected chi connectivity index (χ2v) is 7.00. The molecule has 0 aliphatic carbocycles. The summed E-state index contributed by atoms with van der Waals surface area (Å²) in [6.45, 7) is 0.357. The number of nitrogens with two attached hydrogens (primary N) is 1. The Morgan fingerprint density at radius 1 is 1.29 bits per heavy atom. The molecule has 1 heterocycles. The number of nitriles is 1. The lowest BCUT2D eigenvalue weighted by molar-refractivity contribution is 0.0952. The summed E-state index contributed by atoms with van der Waals surface area (Å²) in [6.07, 6.45) is 1.03. The van der Waals surface area contributed by atoms with Crippen LogP contribution >= 0.6 is 15.9 Å². The molecule has 1 amide bonds. The zero-order valence-corrected chi connectivity index (χ0v) is 16.4. The van der Waals surface area contributed by atoms with Gasteiger partial charge in [-0.1, -0.05) is 34.1 Å². The van der Waals surface area contributed by atoms with Crippen molar-refractivity contribution >= 4 is 27.7 Å². The Hall–Kier alpha value is -3.18. The van der Waals surface area contributed by atoms with Gasteiger partial charge in [0.25, 0.3) is 5.91 Å². The number of benzene rings is 2. The number of nitrogens with zero attached hydrogens (tertiary/aromatic N) is 3. The molecule has 142 valence electrons. The smallest absolute Gasteiger partial charge is 0.251 e. The van der Waals surface area contributed by atoms with Gasteiger partial charge in [0, 0.05) is 16.6 Å². The Morgan fingerprint density at radius 3 is 2.71 bits per heavy atom. The third kappa shape index (κ3) is 4.38. The monoisotopic (exact) mass is 441 g/mol. The summed E-state index contributed by atoms with van der Waals surface area (Å²) in [5.74, 6) is -0.563. The van der Waals surface area contributed by atoms with E-state index in [-0.39, 0.29) is 17.3 Å². The van der Waals surface area contributed by atoms with Gasteiger partial charge in [-0.15, -0.1) is 0 Å². The molecule has 2 aromatic carbocycles. The number of carbonyl (C=O) groups is 1. The van der Waals surface area contributed by atoms with Crippen molar-refractivity contribution < 1.29 is 9.18 Å². The maximum absolute atomic E-state index is 13.4. The molecule has 8 heteroatoms. The van der Waals surface area contributed by atoms with Gasteiger partial charge >= 0.3 is 0 Å². The van der Waals surface area contributed by atoms with Crippen LogP contribution in [-0.2, 0) is 6.42 Å². The van der Waals surface area contributed by atoms with Gasteiger partial charge in [-0.25, -0.2) is 9.07 Å². The number of carbonyl (C=O) groups excluding carboxylic acids is 1. The quantitative estimate of drug-likeness (QED) is 0.571. The number of aryl methyl sites for hydroxylation is 1. The van der Waals surface area contributed by atoms with E-state index in [9.17, 15) is 14.4 Å². The van der Waals surface area contributed by atoms with Crippen molar-refractivity contribution in [3.8, 4) is 11.8 Å². The van der Waals surface area contributed by atoms with E-state index in [1.165, 1.54) is 16.8 Å². The van der Waals surface area contributed by atoms with Crippen molar-refractivity contribution in [2.75, 3.05) is 12.3 Å². The van der Waals surface area contributed by atoms with E-state index in [4.69, 9.17) is 5.73 Å². The number of anilines is 1. The first-order valence-electron chi connectivity index (χ1n) is 8.57. The molecular formula is C20H17BrFN5O. The molecule has 0 aliphatic heterocycles. The van der Waals surface area contributed by atoms with E-state index in [0.717, 1.165) is 5.69 Å². The number of nitrogen functional groups attached to an aromatic ring is 1. The van der Waals surface area contributed by atoms with Crippen molar-refractivity contribution in [2.45, 2.75) is 12.8 Å². The molecule has 0 atom stereocenters. The van der Waals surface area contributed by atoms with Crippen LogP contribution in [0.2, 0.25) is 0 Å². The number of nitrogens with one attached hydrogen (secondary N) is 1. The van der Waals surface area contributed by atoms with Crippen molar-refractivity contribution in [3.63, 3.8) is 0 Å². The highest BCUT2D eigenvalue weighted by Crippen LogP contribution is 2.21. The maximum atomic E-state index is 13.4. The van der Waals surface area contributed by atoms with E-state index in [1.54, 1.807) is 6.07 Å². The Labute approximate surface area is 169 Å². The number of rotatable bonds is 6. The number of aromatic nitrogens is 2. The second kappa shape index (κ2) is 8.67. The van der Waals surface area contributed by atoms with Crippen LogP contribution in [0.5, 0.6) is 0 Å². The van der Waals surface area contributed by atoms with E-state index in [0.29, 0.717) is 35.1 Å². The van der Waals surface area contributed by atoms with Crippen molar-refractivity contribution in [3.05, 3.63) is 75.6 Å². The molecule has 0 saturated heterocycles. The van der Waals surface area contributed by atoms with Gasteiger partial charge in [0.2, 0.25) is 0 Å². The number of amides is 1. The fourth-order valence-electron chi connectivity index (χ4n) is 2.79. The predicted molar refractivity (Wildman–Crippen MR) is 107 cm³/mol. The highest BCUT2D eigenvalue weighted by atomic mass is 79.9. The zero-order valence-electron chi connectivity index (χ0n) is 14.8. The highest BCUT2D eigenvalue weighted by molar-refractivity contribution is 9.10. The second-order valence-electron chi connectivity index (χ2n) is 6.08. The maximum Gasteiger partial charge on any atom is 0.251 e. The Morgan fingerprint density at radius 2 is 2.04 bits per heavy atom. The molecule has 0 radical (unpaired) electrons. The van der Waals surface area contributed by atoms with Crippen LogP contribution in [0.25, 0.3) is 5.69 Å². The molecule has 0 aliphatic rings. The van der Waals surface area contributed by atoms with Gasteiger partial charge in [0.05, 0.1) is 11.4 Å². The van der Waals surface area contributed by atoms with Crippen LogP contribution in [0, 0.1) is 17.1 Å². The molecular weight excluding hydrogens is 425 g/mol. The predicted octanol–water partition coefficient (Wildman–Crippen LogP) is 3.59. The summed E-state index contributed by atoms with van der Waals surface area (Å²) in [7, 11) is 0. The van der Waals surface area contributed by atoms with Crippen LogP contribution in [0.3, 0.4) is 0 Å². The number of hydrogen-bond donors (Lipinski definition) is 2. The van der Waals surface area contributed by atoms with Gasteiger partial charge in [-0.3, -0.25) is 4.79 Å². The van der Waals surface area contributed by atoms with Gasteiger partial charge in [-0.2, -0.15) is 10.4 Å². The summed E-state index contributed by atoms with van der Waals surface area (Å²) in [5, 5.41) is 16.6. The number of halogens is 2. The van der Waals surface area contributed by atoms with Crippen molar-refractivity contribution in [1.82, 2.24) is 15.1 Å². The lowest BCUT2D eigenvalue weighted by atomic mass is 10.1. The van der Waals surface area contributed by atoms with E-state index < -0.39 is 5.82 Å². The minimum absolute atomic E-state index is 0.238. The Kier molecular flexibility index (Phi) is 6.06. The summed E-state index contributed by atoms with van der Waals surface area (Å²) in [6, 6.07) is 15.4. The summed E-state index contributed by atoms with van der Waals surface area (Å²) in [4.78, 5) is 12.1. The summed E-state index contributed by atoms with van der Waals surface area (Å²) < 4.78 is 15.4. The van der Waals surface area contributed by atoms with Crippen molar-refractivity contribution in [1.29, 1.82) is 5.26 Å². The van der Waals surface area contributed by atoms with E-state index in [2.05, 4.69) is 32.4 Å². The standard InChI is InChI=1S/C20H17BrFN5O/c21-14-9-13(10-15(22)11-14)20(28)25-8-4-7-18-17(12-23)19(24)27(26-18)16-5-2-1-3-6-16/h1-3,5-6,9-11H,4,7-8,24H2,(H,25,28). The average Bonchev–Trinajstić information content (AvgIpc) is 3.00. The minimum Gasteiger partial charge on any atom is -0.382 e. The van der Waals surface area contributed by atoms with Gasteiger partial charge in [-0.05, 0) is 43.2 Å². The molecule has 3 N–H and O–H groups in total. The Balaban J connectivity index is 1.63. The fraction of sp³-hybridized carbons (Fsp3) is 0.150. The number of hydrogen-bond acceptors (Lipinski definition) is 4. The van der Waals surface area contributed by atoms with Gasteiger partial charge in [0.15, 0.2) is 0 Å². The molecule has 0 unspecified atom stereocenters. The zero-order chi connectivity index (χ0) is 20.1. The molecule has 3 aromatic rings. The first-order valence-corrected chi connectivity index (χ1v) is 9.36. The molecule has 1 aromatic heterocycles. The first-order chi connectivity index (χ1) is 13.5. The van der Waals surface area contributed by atoms with Crippen LogP contribution in [0.1, 0.15) is 28.0 Å². The highest BCUT2D eigenvalue weighted by Gasteiger charge is 2.16. The first kappa shape index (κ1) is 19.6. The minimum atomic E-state index is -0.486. The average molecular weight is 442 g/mol. The van der Waals surface area contributed by atoms with Crippen LogP contribution in [0.4, 0.5) is 10.2 Å². The molecule has 28 heavy (non-hydrogen) atoms. The SMILES string of the molecule is N#Cc1c(CCCNC(=O)c2cc(F)cc(Br)c2)nn(-c2ccccc2)c1N. The third-order valence-corrected chi connectivity index (χ3v) is 4.56. The molecule has 0 saturated carbocycles. The summed E-state index contributed by atoms with van der Waals surface area (Å²) >= 11 is 3.16. The van der Waals surface area contributed by atoms with Gasteiger partial charge < -0.3 is 11.1 Å².